The first-order valence-corrected chi connectivity index (χ1v) is 10.3. The van der Waals surface area contributed by atoms with Gasteiger partial charge in [-0.2, -0.15) is 0 Å². The van der Waals surface area contributed by atoms with E-state index in [1.54, 1.807) is 36.8 Å². The molecule has 0 aromatic carbocycles. The molecule has 0 saturated heterocycles. The number of hydrogen-bond donors (Lipinski definition) is 1. The predicted molar refractivity (Wildman–Crippen MR) is 107 cm³/mol. The Morgan fingerprint density at radius 3 is 2.96 bits per heavy atom. The van der Waals surface area contributed by atoms with Gasteiger partial charge in [0.2, 0.25) is 11.8 Å². The van der Waals surface area contributed by atoms with Crippen molar-refractivity contribution in [1.82, 2.24) is 9.97 Å². The Bertz CT molecular complexity index is 882. The summed E-state index contributed by atoms with van der Waals surface area (Å²) in [6, 6.07) is 5.52. The molecule has 0 unspecified atom stereocenters. The first kappa shape index (κ1) is 19.0. The minimum absolute atomic E-state index is 0.168. The van der Waals surface area contributed by atoms with Crippen LogP contribution < -0.4 is 10.1 Å². The maximum absolute atomic E-state index is 12.4. The van der Waals surface area contributed by atoms with Crippen LogP contribution in [0.2, 0.25) is 0 Å². The van der Waals surface area contributed by atoms with Gasteiger partial charge < -0.3 is 14.8 Å². The highest BCUT2D eigenvalue weighted by Crippen LogP contribution is 2.32. The molecule has 0 aliphatic carbocycles. The van der Waals surface area contributed by atoms with Crippen LogP contribution in [0.1, 0.15) is 5.69 Å². The average Bonchev–Trinajstić information content (AvgIpc) is 3.25. The largest absolute Gasteiger partial charge is 0.474 e. The second kappa shape index (κ2) is 9.22. The number of carbonyl (C=O) groups excluding carboxylic acids is 1. The van der Waals surface area contributed by atoms with E-state index in [-0.39, 0.29) is 12.3 Å². The monoisotopic (exact) mass is 453 g/mol. The highest BCUT2D eigenvalue weighted by molar-refractivity contribution is 9.10. The van der Waals surface area contributed by atoms with Gasteiger partial charge in [-0.05, 0) is 34.1 Å². The molecule has 3 heterocycles. The maximum Gasteiger partial charge on any atom is 0.237 e. The number of pyridine rings is 1. The zero-order valence-electron chi connectivity index (χ0n) is 13.9. The van der Waals surface area contributed by atoms with Crippen LogP contribution in [0.25, 0.3) is 9.88 Å². The summed E-state index contributed by atoms with van der Waals surface area (Å²) in [6.45, 7) is 0.812. The van der Waals surface area contributed by atoms with E-state index in [1.165, 1.54) is 11.3 Å². The molecule has 3 aromatic rings. The number of amides is 1. The first-order valence-electron chi connectivity index (χ1n) is 7.71. The van der Waals surface area contributed by atoms with Crippen LogP contribution in [0.3, 0.4) is 0 Å². The second-order valence-electron chi connectivity index (χ2n) is 5.20. The van der Waals surface area contributed by atoms with E-state index in [0.29, 0.717) is 24.8 Å². The van der Waals surface area contributed by atoms with Gasteiger partial charge in [0.15, 0.2) is 0 Å². The van der Waals surface area contributed by atoms with Crippen molar-refractivity contribution in [1.29, 1.82) is 0 Å². The summed E-state index contributed by atoms with van der Waals surface area (Å²) in [7, 11) is 1.60. The van der Waals surface area contributed by atoms with Gasteiger partial charge in [0.25, 0.3) is 0 Å². The van der Waals surface area contributed by atoms with Crippen molar-refractivity contribution in [3.8, 4) is 15.8 Å². The Morgan fingerprint density at radius 1 is 1.31 bits per heavy atom. The summed E-state index contributed by atoms with van der Waals surface area (Å²) in [5.74, 6) is 0.208. The topological polar surface area (TPSA) is 73.3 Å². The van der Waals surface area contributed by atoms with E-state index < -0.39 is 0 Å². The van der Waals surface area contributed by atoms with Crippen LogP contribution in [0.5, 0.6) is 5.88 Å². The minimum atomic E-state index is -0.168. The number of carbonyl (C=O) groups is 1. The number of aromatic nitrogens is 2. The number of anilines is 1. The molecule has 0 fully saturated rings. The Hall–Kier alpha value is -1.81. The molecule has 0 saturated carbocycles. The Morgan fingerprint density at radius 2 is 2.19 bits per heavy atom. The zero-order chi connectivity index (χ0) is 18.4. The summed E-state index contributed by atoms with van der Waals surface area (Å²) in [5.41, 5.74) is 1.27. The third kappa shape index (κ3) is 5.10. The van der Waals surface area contributed by atoms with E-state index >= 15 is 0 Å². The van der Waals surface area contributed by atoms with Crippen LogP contribution >= 0.6 is 38.6 Å². The molecular formula is C17H16BrN3O3S2. The summed E-state index contributed by atoms with van der Waals surface area (Å²) < 4.78 is 11.5. The van der Waals surface area contributed by atoms with E-state index in [0.717, 1.165) is 20.1 Å². The van der Waals surface area contributed by atoms with Crippen molar-refractivity contribution in [2.75, 3.05) is 25.6 Å². The summed E-state index contributed by atoms with van der Waals surface area (Å²) in [4.78, 5) is 22.1. The molecule has 0 radical (unpaired) electrons. The van der Waals surface area contributed by atoms with Crippen LogP contribution in [-0.2, 0) is 16.0 Å². The fourth-order valence-corrected chi connectivity index (χ4v) is 4.44. The van der Waals surface area contributed by atoms with Gasteiger partial charge in [-0.3, -0.25) is 4.79 Å². The van der Waals surface area contributed by atoms with E-state index in [2.05, 4.69) is 31.2 Å². The SMILES string of the molecule is COCCOc1ncccc1NC(=O)Cc1csc(-c2cc(Br)cs2)n1. The lowest BCUT2D eigenvalue weighted by Crippen LogP contribution is -2.16. The number of rotatable bonds is 8. The molecule has 0 aliphatic rings. The van der Waals surface area contributed by atoms with Crippen molar-refractivity contribution in [2.24, 2.45) is 0 Å². The zero-order valence-corrected chi connectivity index (χ0v) is 17.1. The predicted octanol–water partition coefficient (Wildman–Crippen LogP) is 4.24. The number of thiophene rings is 1. The van der Waals surface area contributed by atoms with E-state index in [4.69, 9.17) is 9.47 Å². The number of ether oxygens (including phenoxy) is 2. The smallest absolute Gasteiger partial charge is 0.237 e. The normalized spacial score (nSPS) is 10.7. The highest BCUT2D eigenvalue weighted by atomic mass is 79.9. The van der Waals surface area contributed by atoms with Gasteiger partial charge in [0.05, 0.1) is 23.6 Å². The number of halogens is 1. The lowest BCUT2D eigenvalue weighted by molar-refractivity contribution is -0.115. The summed E-state index contributed by atoms with van der Waals surface area (Å²) >= 11 is 6.58. The molecule has 136 valence electrons. The molecule has 0 spiro atoms. The Kier molecular flexibility index (Phi) is 6.73. The number of nitrogens with zero attached hydrogens (tertiary/aromatic N) is 2. The van der Waals surface area contributed by atoms with Crippen molar-refractivity contribution >= 4 is 50.2 Å². The lowest BCUT2D eigenvalue weighted by Gasteiger charge is -2.10. The molecule has 9 heteroatoms. The first-order chi connectivity index (χ1) is 12.7. The van der Waals surface area contributed by atoms with Crippen LogP contribution in [0, 0.1) is 0 Å². The third-order valence-electron chi connectivity index (χ3n) is 3.24. The minimum Gasteiger partial charge on any atom is -0.474 e. The molecule has 26 heavy (non-hydrogen) atoms. The van der Waals surface area contributed by atoms with Gasteiger partial charge in [0.1, 0.15) is 17.3 Å². The molecule has 6 nitrogen and oxygen atoms in total. The molecule has 3 aromatic heterocycles. The molecule has 0 bridgehead atoms. The average molecular weight is 454 g/mol. The summed E-state index contributed by atoms with van der Waals surface area (Å²) in [6.07, 6.45) is 1.80. The molecule has 1 amide bonds. The van der Waals surface area contributed by atoms with Gasteiger partial charge in [-0.15, -0.1) is 22.7 Å². The molecule has 3 rings (SSSR count). The van der Waals surface area contributed by atoms with Crippen LogP contribution in [-0.4, -0.2) is 36.2 Å². The van der Waals surface area contributed by atoms with Gasteiger partial charge >= 0.3 is 0 Å². The molecule has 0 atom stereocenters. The molecular weight excluding hydrogens is 438 g/mol. The van der Waals surface area contributed by atoms with Crippen molar-refractivity contribution < 1.29 is 14.3 Å². The molecule has 0 aliphatic heterocycles. The van der Waals surface area contributed by atoms with E-state index in [9.17, 15) is 4.79 Å². The highest BCUT2D eigenvalue weighted by Gasteiger charge is 2.13. The number of methoxy groups -OCH3 is 1. The summed E-state index contributed by atoms with van der Waals surface area (Å²) in [5, 5.41) is 7.66. The van der Waals surface area contributed by atoms with Crippen molar-refractivity contribution in [3.63, 3.8) is 0 Å². The number of nitrogens with one attached hydrogen (secondary N) is 1. The van der Waals surface area contributed by atoms with Gasteiger partial charge in [-0.25, -0.2) is 9.97 Å². The fraction of sp³-hybridized carbons (Fsp3) is 0.235. The maximum atomic E-state index is 12.4. The molecule has 1 N–H and O–H groups in total. The van der Waals surface area contributed by atoms with Gasteiger partial charge in [0, 0.05) is 28.5 Å². The standard InChI is InChI=1S/C17H16BrN3O3S2/c1-23-5-6-24-16-13(3-2-4-19-16)21-15(22)8-12-10-26-17(20-12)14-7-11(18)9-25-14/h2-4,7,9-10H,5-6,8H2,1H3,(H,21,22). The Balaban J connectivity index is 1.62. The number of thiazole rings is 1. The fourth-order valence-electron chi connectivity index (χ4n) is 2.11. The van der Waals surface area contributed by atoms with Gasteiger partial charge in [-0.1, -0.05) is 0 Å². The Labute approximate surface area is 167 Å². The quantitative estimate of drug-likeness (QED) is 0.516. The number of hydrogen-bond acceptors (Lipinski definition) is 7. The van der Waals surface area contributed by atoms with Crippen molar-refractivity contribution in [2.45, 2.75) is 6.42 Å². The van der Waals surface area contributed by atoms with Crippen LogP contribution in [0.4, 0.5) is 5.69 Å². The second-order valence-corrected chi connectivity index (χ2v) is 7.88. The van der Waals surface area contributed by atoms with Crippen molar-refractivity contribution in [3.05, 3.63) is 45.3 Å². The van der Waals surface area contributed by atoms with E-state index in [1.807, 2.05) is 16.8 Å². The third-order valence-corrected chi connectivity index (χ3v) is 5.99. The van der Waals surface area contributed by atoms with Crippen LogP contribution in [0.15, 0.2) is 39.6 Å². The lowest BCUT2D eigenvalue weighted by atomic mass is 10.3.